The summed E-state index contributed by atoms with van der Waals surface area (Å²) in [6.07, 6.45) is 1.15. The quantitative estimate of drug-likeness (QED) is 0.276. The first-order valence-corrected chi connectivity index (χ1v) is 12.6. The average molecular weight is 482 g/mol. The highest BCUT2D eigenvalue weighted by Gasteiger charge is 2.23. The summed E-state index contributed by atoms with van der Waals surface area (Å²) in [4.78, 5) is 17.8. The lowest BCUT2D eigenvalue weighted by atomic mass is 10.2. The van der Waals surface area contributed by atoms with Gasteiger partial charge in [0.1, 0.15) is 5.82 Å². The second-order valence-corrected chi connectivity index (χ2v) is 10.5. The number of hydrogen-bond donors (Lipinski definition) is 0. The summed E-state index contributed by atoms with van der Waals surface area (Å²) in [5.74, 6) is -1.25. The van der Waals surface area contributed by atoms with Gasteiger partial charge in [0.05, 0.1) is 27.1 Å². The zero-order valence-electron chi connectivity index (χ0n) is 17.7. The van der Waals surface area contributed by atoms with Crippen LogP contribution in [0.25, 0.3) is 10.2 Å². The summed E-state index contributed by atoms with van der Waals surface area (Å²) in [5.41, 5.74) is 2.36. The van der Waals surface area contributed by atoms with Crippen LogP contribution in [0.3, 0.4) is 0 Å². The fourth-order valence-corrected chi connectivity index (χ4v) is 5.37. The molecule has 0 radical (unpaired) electrons. The van der Waals surface area contributed by atoms with Gasteiger partial charge in [-0.25, -0.2) is 17.8 Å². The van der Waals surface area contributed by atoms with Gasteiger partial charge in [-0.05, 0) is 54.4 Å². The van der Waals surface area contributed by atoms with Crippen molar-refractivity contribution in [2.75, 3.05) is 10.8 Å². The van der Waals surface area contributed by atoms with E-state index in [9.17, 15) is 17.6 Å². The Morgan fingerprint density at radius 2 is 1.82 bits per heavy atom. The molecule has 0 saturated carbocycles. The van der Waals surface area contributed by atoms with Crippen LogP contribution in [0.2, 0.25) is 0 Å². The molecule has 6 nitrogen and oxygen atoms in total. The van der Waals surface area contributed by atoms with Crippen LogP contribution in [-0.2, 0) is 14.6 Å². The third-order valence-corrected chi connectivity index (χ3v) is 7.56. The van der Waals surface area contributed by atoms with E-state index >= 15 is 0 Å². The molecule has 0 aliphatic heterocycles. The molecule has 4 rings (SSSR count). The number of aromatic nitrogens is 1. The van der Waals surface area contributed by atoms with Crippen LogP contribution in [0.15, 0.2) is 82.8 Å². The normalized spacial score (nSPS) is 11.8. The fourth-order valence-electron chi connectivity index (χ4n) is 3.08. The number of nitrogens with zero attached hydrogens (tertiary/aromatic N) is 3. The zero-order chi connectivity index (χ0) is 23.4. The molecule has 0 atom stereocenters. The van der Waals surface area contributed by atoms with Gasteiger partial charge in [0.25, 0.3) is 5.91 Å². The number of amides is 1. The zero-order valence-corrected chi connectivity index (χ0v) is 19.3. The van der Waals surface area contributed by atoms with Crippen molar-refractivity contribution in [1.29, 1.82) is 0 Å². The van der Waals surface area contributed by atoms with Crippen LogP contribution in [-0.4, -0.2) is 31.3 Å². The first-order valence-electron chi connectivity index (χ1n) is 10.1. The van der Waals surface area contributed by atoms with E-state index in [1.165, 1.54) is 53.9 Å². The topological polar surface area (TPSA) is 79.7 Å². The maximum absolute atomic E-state index is 13.2. The van der Waals surface area contributed by atoms with Crippen molar-refractivity contribution in [2.24, 2.45) is 5.10 Å². The lowest BCUT2D eigenvalue weighted by Crippen LogP contribution is -2.27. The molecule has 0 unspecified atom stereocenters. The Labute approximate surface area is 194 Å². The minimum atomic E-state index is -3.63. The molecule has 0 spiro atoms. The van der Waals surface area contributed by atoms with Crippen LogP contribution < -0.4 is 5.01 Å². The molecule has 0 bridgehead atoms. The molecule has 1 amide bonds. The Morgan fingerprint density at radius 3 is 2.55 bits per heavy atom. The fraction of sp³-hybridized carbons (Fsp3) is 0.125. The summed E-state index contributed by atoms with van der Waals surface area (Å²) >= 11 is 1.29. The van der Waals surface area contributed by atoms with Crippen LogP contribution in [0.4, 0.5) is 9.52 Å². The Morgan fingerprint density at radius 1 is 1.09 bits per heavy atom. The average Bonchev–Trinajstić information content (AvgIpc) is 3.22. The van der Waals surface area contributed by atoms with Crippen molar-refractivity contribution in [3.05, 3.63) is 89.7 Å². The largest absolute Gasteiger partial charge is 0.272 e. The number of carbonyl (C=O) groups is 1. The van der Waals surface area contributed by atoms with E-state index < -0.39 is 15.7 Å². The Hall–Kier alpha value is -3.43. The third-order valence-electron chi connectivity index (χ3n) is 4.83. The number of thiazole rings is 1. The molecule has 9 heteroatoms. The molecule has 4 aromatic rings. The molecule has 0 aliphatic rings. The smallest absolute Gasteiger partial charge is 0.250 e. The molecule has 0 fully saturated rings. The van der Waals surface area contributed by atoms with Crippen LogP contribution in [0, 0.1) is 12.7 Å². The van der Waals surface area contributed by atoms with Gasteiger partial charge in [-0.3, -0.25) is 4.79 Å². The summed E-state index contributed by atoms with van der Waals surface area (Å²) < 4.78 is 39.3. The van der Waals surface area contributed by atoms with E-state index in [2.05, 4.69) is 10.1 Å². The second-order valence-electron chi connectivity index (χ2n) is 7.35. The van der Waals surface area contributed by atoms with Gasteiger partial charge in [0, 0.05) is 6.42 Å². The highest BCUT2D eigenvalue weighted by molar-refractivity contribution is 7.91. The number of sulfone groups is 1. The van der Waals surface area contributed by atoms with Gasteiger partial charge in [-0.15, -0.1) is 0 Å². The van der Waals surface area contributed by atoms with Gasteiger partial charge in [0.2, 0.25) is 5.13 Å². The number of hydrogen-bond acceptors (Lipinski definition) is 6. The van der Waals surface area contributed by atoms with Crippen LogP contribution in [0.5, 0.6) is 0 Å². The minimum Gasteiger partial charge on any atom is -0.272 e. The SMILES string of the molecule is Cc1ccc2nc(N(/N=C/c3ccc(F)cc3)C(=O)CCS(=O)(=O)c3ccccc3)sc2c1. The molecule has 168 valence electrons. The van der Waals surface area contributed by atoms with E-state index in [0.29, 0.717) is 16.2 Å². The number of rotatable bonds is 7. The number of halogens is 1. The van der Waals surface area contributed by atoms with Crippen LogP contribution in [0.1, 0.15) is 17.5 Å². The van der Waals surface area contributed by atoms with E-state index in [1.54, 1.807) is 18.2 Å². The van der Waals surface area contributed by atoms with Gasteiger partial charge in [0.15, 0.2) is 9.84 Å². The lowest BCUT2D eigenvalue weighted by molar-refractivity contribution is -0.118. The molecule has 0 saturated heterocycles. The maximum Gasteiger partial charge on any atom is 0.250 e. The first-order chi connectivity index (χ1) is 15.8. The lowest BCUT2D eigenvalue weighted by Gasteiger charge is -2.14. The van der Waals surface area contributed by atoms with E-state index in [4.69, 9.17) is 0 Å². The number of benzene rings is 3. The molecule has 3 aromatic carbocycles. The van der Waals surface area contributed by atoms with E-state index in [0.717, 1.165) is 15.3 Å². The molecule has 1 aromatic heterocycles. The van der Waals surface area contributed by atoms with Crippen molar-refractivity contribution >= 4 is 48.6 Å². The van der Waals surface area contributed by atoms with Gasteiger partial charge in [-0.2, -0.15) is 10.1 Å². The number of aryl methyl sites for hydroxylation is 1. The molecule has 0 N–H and O–H groups in total. The van der Waals surface area contributed by atoms with Crippen LogP contribution >= 0.6 is 11.3 Å². The van der Waals surface area contributed by atoms with Crippen molar-refractivity contribution < 1.29 is 17.6 Å². The summed E-state index contributed by atoms with van der Waals surface area (Å²) in [7, 11) is -3.63. The highest BCUT2D eigenvalue weighted by Crippen LogP contribution is 2.30. The van der Waals surface area contributed by atoms with Crippen molar-refractivity contribution in [1.82, 2.24) is 4.98 Å². The predicted octanol–water partition coefficient (Wildman–Crippen LogP) is 4.97. The molecular formula is C24H20FN3O3S2. The summed E-state index contributed by atoms with van der Waals surface area (Å²) in [6.45, 7) is 1.96. The minimum absolute atomic E-state index is 0.162. The molecule has 0 aliphatic carbocycles. The first kappa shape index (κ1) is 22.8. The Bertz CT molecular complexity index is 1420. The molecule has 33 heavy (non-hydrogen) atoms. The standard InChI is InChI=1S/C24H20FN3O3S2/c1-17-7-12-21-22(15-17)32-24(27-21)28(26-16-18-8-10-19(25)11-9-18)23(29)13-14-33(30,31)20-5-3-2-4-6-20/h2-12,15-16H,13-14H2,1H3/b26-16+. The summed E-state index contributed by atoms with van der Waals surface area (Å²) in [5, 5.41) is 5.72. The highest BCUT2D eigenvalue weighted by atomic mass is 32.2. The predicted molar refractivity (Wildman–Crippen MR) is 129 cm³/mol. The number of hydrazone groups is 1. The van der Waals surface area contributed by atoms with Gasteiger partial charge >= 0.3 is 0 Å². The number of fused-ring (bicyclic) bond motifs is 1. The van der Waals surface area contributed by atoms with Crippen molar-refractivity contribution in [2.45, 2.75) is 18.2 Å². The number of anilines is 1. The Balaban J connectivity index is 1.62. The maximum atomic E-state index is 13.2. The van der Waals surface area contributed by atoms with E-state index in [1.807, 2.05) is 25.1 Å². The van der Waals surface area contributed by atoms with Crippen molar-refractivity contribution in [3.63, 3.8) is 0 Å². The summed E-state index contributed by atoms with van der Waals surface area (Å²) in [6, 6.07) is 19.4. The van der Waals surface area contributed by atoms with E-state index in [-0.39, 0.29) is 22.9 Å². The second kappa shape index (κ2) is 9.60. The third kappa shape index (κ3) is 5.50. The van der Waals surface area contributed by atoms with Crippen molar-refractivity contribution in [3.8, 4) is 0 Å². The Kier molecular flexibility index (Phi) is 6.62. The van der Waals surface area contributed by atoms with Gasteiger partial charge < -0.3 is 0 Å². The molecular weight excluding hydrogens is 461 g/mol. The monoisotopic (exact) mass is 481 g/mol. The van der Waals surface area contributed by atoms with Gasteiger partial charge in [-0.1, -0.05) is 47.7 Å². The molecule has 1 heterocycles. The number of carbonyl (C=O) groups excluding carboxylic acids is 1.